The Balaban J connectivity index is 2.81. The van der Waals surface area contributed by atoms with E-state index in [1.807, 2.05) is 12.1 Å². The molecule has 0 spiro atoms. The zero-order chi connectivity index (χ0) is 10.4. The van der Waals surface area contributed by atoms with Gasteiger partial charge in [-0.2, -0.15) is 0 Å². The molecule has 0 fully saturated rings. The molecule has 0 aromatic heterocycles. The average molecular weight is 211 g/mol. The first kappa shape index (κ1) is 11.6. The molecule has 14 heavy (non-hydrogen) atoms. The van der Waals surface area contributed by atoms with Gasteiger partial charge in [0.1, 0.15) is 0 Å². The molecule has 0 atom stereocenters. The molecule has 0 N–H and O–H groups in total. The smallest absolute Gasteiger partial charge is 0.0440 e. The van der Waals surface area contributed by atoms with Crippen molar-refractivity contribution in [1.29, 1.82) is 0 Å². The van der Waals surface area contributed by atoms with Gasteiger partial charge in [0.25, 0.3) is 0 Å². The van der Waals surface area contributed by atoms with Crippen molar-refractivity contribution >= 4 is 11.6 Å². The number of hydrogen-bond donors (Lipinski definition) is 0. The van der Waals surface area contributed by atoms with Crippen molar-refractivity contribution < 1.29 is 0 Å². The Bertz CT molecular complexity index is 262. The number of benzene rings is 1. The van der Waals surface area contributed by atoms with Crippen LogP contribution in [0.1, 0.15) is 51.0 Å². The van der Waals surface area contributed by atoms with Crippen LogP contribution in [0.2, 0.25) is 5.02 Å². The Labute approximate surface area is 92.3 Å². The van der Waals surface area contributed by atoms with Crippen molar-refractivity contribution in [2.75, 3.05) is 0 Å². The maximum Gasteiger partial charge on any atom is 0.0440 e. The summed E-state index contributed by atoms with van der Waals surface area (Å²) in [6, 6.07) is 8.24. The summed E-state index contributed by atoms with van der Waals surface area (Å²) in [5.74, 6) is 0.652. The van der Waals surface area contributed by atoms with E-state index in [2.05, 4.69) is 26.0 Å². The minimum absolute atomic E-state index is 0.652. The second-order valence-corrected chi connectivity index (χ2v) is 4.20. The zero-order valence-corrected chi connectivity index (χ0v) is 9.85. The molecule has 1 aromatic carbocycles. The third kappa shape index (κ3) is 3.02. The maximum atomic E-state index is 6.19. The van der Waals surface area contributed by atoms with Gasteiger partial charge in [0.15, 0.2) is 0 Å². The van der Waals surface area contributed by atoms with Crippen molar-refractivity contribution in [3.63, 3.8) is 0 Å². The Morgan fingerprint density at radius 2 is 1.64 bits per heavy atom. The fraction of sp³-hybridized carbons (Fsp3) is 0.538. The van der Waals surface area contributed by atoms with Crippen molar-refractivity contribution in [3.8, 4) is 0 Å². The van der Waals surface area contributed by atoms with Crippen molar-refractivity contribution in [2.24, 2.45) is 0 Å². The summed E-state index contributed by atoms with van der Waals surface area (Å²) in [6.07, 6.45) is 4.96. The molecule has 0 unspecified atom stereocenters. The quantitative estimate of drug-likeness (QED) is 0.640. The topological polar surface area (TPSA) is 0 Å². The van der Waals surface area contributed by atoms with E-state index in [0.29, 0.717) is 5.92 Å². The lowest BCUT2D eigenvalue weighted by Gasteiger charge is -2.16. The van der Waals surface area contributed by atoms with Gasteiger partial charge in [0.05, 0.1) is 0 Å². The molecule has 0 aliphatic carbocycles. The molecule has 0 bridgehead atoms. The first-order valence-corrected chi connectivity index (χ1v) is 5.91. The van der Waals surface area contributed by atoms with E-state index in [0.717, 1.165) is 5.02 Å². The van der Waals surface area contributed by atoms with Crippen molar-refractivity contribution in [1.82, 2.24) is 0 Å². The molecule has 0 saturated heterocycles. The number of rotatable bonds is 5. The third-order valence-electron chi connectivity index (χ3n) is 2.62. The van der Waals surface area contributed by atoms with Crippen LogP contribution in [-0.4, -0.2) is 0 Å². The lowest BCUT2D eigenvalue weighted by Crippen LogP contribution is -1.98. The van der Waals surface area contributed by atoms with E-state index in [1.165, 1.54) is 31.2 Å². The molecule has 0 heterocycles. The van der Waals surface area contributed by atoms with Gasteiger partial charge >= 0.3 is 0 Å². The van der Waals surface area contributed by atoms with Crippen LogP contribution < -0.4 is 0 Å². The van der Waals surface area contributed by atoms with Crippen LogP contribution in [0.15, 0.2) is 24.3 Å². The monoisotopic (exact) mass is 210 g/mol. The summed E-state index contributed by atoms with van der Waals surface area (Å²) in [5.41, 5.74) is 1.33. The highest BCUT2D eigenvalue weighted by molar-refractivity contribution is 6.31. The molecular formula is C13H19Cl. The first-order valence-electron chi connectivity index (χ1n) is 5.54. The maximum absolute atomic E-state index is 6.19. The predicted molar refractivity (Wildman–Crippen MR) is 64.0 cm³/mol. The molecule has 78 valence electrons. The second kappa shape index (κ2) is 6.08. The molecule has 0 amide bonds. The standard InChI is InChI=1S/C13H19Cl/c1-3-7-11(8-4-2)12-9-5-6-10-13(12)14/h5-6,9-11H,3-4,7-8H2,1-2H3. The van der Waals surface area contributed by atoms with Crippen LogP contribution in [0.4, 0.5) is 0 Å². The summed E-state index contributed by atoms with van der Waals surface area (Å²) in [7, 11) is 0. The van der Waals surface area contributed by atoms with Crippen LogP contribution in [0.5, 0.6) is 0 Å². The van der Waals surface area contributed by atoms with E-state index in [9.17, 15) is 0 Å². The van der Waals surface area contributed by atoms with Gasteiger partial charge in [-0.3, -0.25) is 0 Å². The van der Waals surface area contributed by atoms with Crippen LogP contribution in [0.25, 0.3) is 0 Å². The summed E-state index contributed by atoms with van der Waals surface area (Å²) in [6.45, 7) is 4.47. The van der Waals surface area contributed by atoms with Crippen LogP contribution in [-0.2, 0) is 0 Å². The summed E-state index contributed by atoms with van der Waals surface area (Å²) < 4.78 is 0. The first-order chi connectivity index (χ1) is 6.79. The molecule has 1 rings (SSSR count). The summed E-state index contributed by atoms with van der Waals surface area (Å²) in [5, 5.41) is 0.930. The molecule has 0 nitrogen and oxygen atoms in total. The lowest BCUT2D eigenvalue weighted by molar-refractivity contribution is 0.561. The summed E-state index contributed by atoms with van der Waals surface area (Å²) in [4.78, 5) is 0. The molecule has 0 aliphatic heterocycles. The van der Waals surface area contributed by atoms with E-state index in [4.69, 9.17) is 11.6 Å². The van der Waals surface area contributed by atoms with Crippen LogP contribution in [0.3, 0.4) is 0 Å². The van der Waals surface area contributed by atoms with Gasteiger partial charge in [0.2, 0.25) is 0 Å². The third-order valence-corrected chi connectivity index (χ3v) is 2.96. The van der Waals surface area contributed by atoms with E-state index < -0.39 is 0 Å². The molecule has 0 saturated carbocycles. The van der Waals surface area contributed by atoms with Crippen molar-refractivity contribution in [3.05, 3.63) is 34.9 Å². The van der Waals surface area contributed by atoms with Crippen LogP contribution in [0, 0.1) is 0 Å². The van der Waals surface area contributed by atoms with E-state index in [-0.39, 0.29) is 0 Å². The van der Waals surface area contributed by atoms with Crippen molar-refractivity contribution in [2.45, 2.75) is 45.4 Å². The molecule has 0 radical (unpaired) electrons. The summed E-state index contributed by atoms with van der Waals surface area (Å²) >= 11 is 6.19. The van der Waals surface area contributed by atoms with Gasteiger partial charge in [-0.15, -0.1) is 0 Å². The SMILES string of the molecule is CCCC(CCC)c1ccccc1Cl. The van der Waals surface area contributed by atoms with E-state index in [1.54, 1.807) is 0 Å². The van der Waals surface area contributed by atoms with Gasteiger partial charge < -0.3 is 0 Å². The number of halogens is 1. The highest BCUT2D eigenvalue weighted by Crippen LogP contribution is 2.31. The minimum Gasteiger partial charge on any atom is -0.0840 e. The molecule has 1 heteroatoms. The van der Waals surface area contributed by atoms with Gasteiger partial charge in [-0.1, -0.05) is 56.5 Å². The second-order valence-electron chi connectivity index (χ2n) is 3.80. The molecular weight excluding hydrogens is 192 g/mol. The highest BCUT2D eigenvalue weighted by Gasteiger charge is 2.11. The largest absolute Gasteiger partial charge is 0.0840 e. The fourth-order valence-electron chi connectivity index (χ4n) is 1.96. The normalized spacial score (nSPS) is 10.9. The Morgan fingerprint density at radius 3 is 2.14 bits per heavy atom. The Kier molecular flexibility index (Phi) is 5.03. The van der Waals surface area contributed by atoms with Crippen LogP contribution >= 0.6 is 11.6 Å². The number of hydrogen-bond acceptors (Lipinski definition) is 0. The molecule has 0 aliphatic rings. The lowest BCUT2D eigenvalue weighted by atomic mass is 9.90. The van der Waals surface area contributed by atoms with Gasteiger partial charge in [-0.05, 0) is 30.4 Å². The molecule has 1 aromatic rings. The zero-order valence-electron chi connectivity index (χ0n) is 9.09. The highest BCUT2D eigenvalue weighted by atomic mass is 35.5. The van der Waals surface area contributed by atoms with Gasteiger partial charge in [0, 0.05) is 5.02 Å². The fourth-order valence-corrected chi connectivity index (χ4v) is 2.25. The Morgan fingerprint density at radius 1 is 1.07 bits per heavy atom. The van der Waals surface area contributed by atoms with E-state index >= 15 is 0 Å². The average Bonchev–Trinajstić information content (AvgIpc) is 2.18. The minimum atomic E-state index is 0.652. The van der Waals surface area contributed by atoms with Gasteiger partial charge in [-0.25, -0.2) is 0 Å². The predicted octanol–water partition coefficient (Wildman–Crippen LogP) is 5.02. The Hall–Kier alpha value is -0.490.